The van der Waals surface area contributed by atoms with Crippen LogP contribution in [-0.2, 0) is 6.42 Å². The van der Waals surface area contributed by atoms with Crippen LogP contribution in [0.4, 0.5) is 4.79 Å². The zero-order valence-corrected chi connectivity index (χ0v) is 11.4. The van der Waals surface area contributed by atoms with Gasteiger partial charge < -0.3 is 15.3 Å². The molecule has 0 aliphatic rings. The minimum atomic E-state index is -0.161. The number of hydrogen-bond donors (Lipinski definition) is 2. The highest BCUT2D eigenvalue weighted by molar-refractivity contribution is 9.10. The van der Waals surface area contributed by atoms with Gasteiger partial charge in [-0.1, -0.05) is 34.1 Å². The van der Waals surface area contributed by atoms with Gasteiger partial charge in [0.1, 0.15) is 0 Å². The Morgan fingerprint density at radius 3 is 2.82 bits per heavy atom. The molecule has 5 heteroatoms. The summed E-state index contributed by atoms with van der Waals surface area (Å²) in [5.41, 5.74) is 1.16. The van der Waals surface area contributed by atoms with E-state index in [9.17, 15) is 4.79 Å². The van der Waals surface area contributed by atoms with Crippen molar-refractivity contribution >= 4 is 22.0 Å². The number of urea groups is 1. The second-order valence-electron chi connectivity index (χ2n) is 3.72. The van der Waals surface area contributed by atoms with Crippen LogP contribution in [0.3, 0.4) is 0 Å². The van der Waals surface area contributed by atoms with Crippen molar-refractivity contribution in [1.29, 1.82) is 0 Å². The van der Waals surface area contributed by atoms with E-state index < -0.39 is 0 Å². The molecule has 0 unspecified atom stereocenters. The Balaban J connectivity index is 2.33. The summed E-state index contributed by atoms with van der Waals surface area (Å²) in [5, 5.41) is 11.5. The summed E-state index contributed by atoms with van der Waals surface area (Å²) in [6, 6.07) is 7.77. The minimum absolute atomic E-state index is 0.0197. The molecule has 0 aliphatic carbocycles. The van der Waals surface area contributed by atoms with Crippen LogP contribution in [0.25, 0.3) is 0 Å². The van der Waals surface area contributed by atoms with Gasteiger partial charge in [0.2, 0.25) is 0 Å². The zero-order chi connectivity index (χ0) is 12.7. The number of likely N-dealkylation sites (N-methyl/N-ethyl adjacent to an activating group) is 1. The Morgan fingerprint density at radius 1 is 1.47 bits per heavy atom. The van der Waals surface area contributed by atoms with Crippen molar-refractivity contribution < 1.29 is 9.90 Å². The summed E-state index contributed by atoms with van der Waals surface area (Å²) in [5.74, 6) is 0. The molecule has 4 nitrogen and oxygen atoms in total. The fourth-order valence-corrected chi connectivity index (χ4v) is 1.87. The van der Waals surface area contributed by atoms with Crippen LogP contribution in [0.15, 0.2) is 28.7 Å². The van der Waals surface area contributed by atoms with Gasteiger partial charge in [-0.25, -0.2) is 4.79 Å². The van der Waals surface area contributed by atoms with Gasteiger partial charge in [-0.15, -0.1) is 0 Å². The van der Waals surface area contributed by atoms with E-state index in [1.807, 2.05) is 24.3 Å². The normalized spacial score (nSPS) is 10.1. The molecule has 0 heterocycles. The van der Waals surface area contributed by atoms with E-state index in [2.05, 4.69) is 21.2 Å². The lowest BCUT2D eigenvalue weighted by Gasteiger charge is -2.16. The van der Waals surface area contributed by atoms with Crippen LogP contribution in [0.2, 0.25) is 0 Å². The molecule has 0 spiro atoms. The molecule has 1 rings (SSSR count). The van der Waals surface area contributed by atoms with E-state index in [-0.39, 0.29) is 12.6 Å². The molecule has 0 atom stereocenters. The highest BCUT2D eigenvalue weighted by atomic mass is 79.9. The van der Waals surface area contributed by atoms with Crippen LogP contribution in [0.5, 0.6) is 0 Å². The molecular formula is C12H17BrN2O2. The monoisotopic (exact) mass is 300 g/mol. The maximum atomic E-state index is 11.5. The average molecular weight is 301 g/mol. The lowest BCUT2D eigenvalue weighted by molar-refractivity contribution is 0.190. The molecule has 2 amide bonds. The summed E-state index contributed by atoms with van der Waals surface area (Å²) < 4.78 is 1.05. The number of aliphatic hydroxyl groups is 1. The first-order valence-electron chi connectivity index (χ1n) is 5.48. The molecule has 94 valence electrons. The first kappa shape index (κ1) is 14.0. The number of carbonyl (C=O) groups is 1. The van der Waals surface area contributed by atoms with Gasteiger partial charge in [0, 0.05) is 24.6 Å². The minimum Gasteiger partial charge on any atom is -0.395 e. The third-order valence-corrected chi connectivity index (χ3v) is 3.18. The molecule has 17 heavy (non-hydrogen) atoms. The van der Waals surface area contributed by atoms with Crippen molar-refractivity contribution in [3.63, 3.8) is 0 Å². The molecule has 0 aliphatic heterocycles. The van der Waals surface area contributed by atoms with Crippen LogP contribution in [0.1, 0.15) is 5.56 Å². The van der Waals surface area contributed by atoms with Crippen molar-refractivity contribution in [3.05, 3.63) is 34.3 Å². The summed E-state index contributed by atoms with van der Waals surface area (Å²) in [4.78, 5) is 13.0. The van der Waals surface area contributed by atoms with Gasteiger partial charge in [-0.05, 0) is 18.1 Å². The van der Waals surface area contributed by atoms with Gasteiger partial charge in [0.15, 0.2) is 0 Å². The Bertz CT molecular complexity index is 371. The Labute approximate surface area is 110 Å². The van der Waals surface area contributed by atoms with Crippen molar-refractivity contribution in [3.8, 4) is 0 Å². The van der Waals surface area contributed by atoms with Crippen LogP contribution in [-0.4, -0.2) is 42.8 Å². The first-order chi connectivity index (χ1) is 8.15. The number of carbonyl (C=O) groups excluding carboxylic acids is 1. The lowest BCUT2D eigenvalue weighted by Crippen LogP contribution is -2.39. The summed E-state index contributed by atoms with van der Waals surface area (Å²) >= 11 is 3.46. The molecule has 0 radical (unpaired) electrons. The predicted molar refractivity (Wildman–Crippen MR) is 71.0 cm³/mol. The number of nitrogens with zero attached hydrogens (tertiary/aromatic N) is 1. The number of benzene rings is 1. The number of hydrogen-bond acceptors (Lipinski definition) is 2. The highest BCUT2D eigenvalue weighted by Gasteiger charge is 2.06. The Hall–Kier alpha value is -1.07. The molecular weight excluding hydrogens is 284 g/mol. The highest BCUT2D eigenvalue weighted by Crippen LogP contribution is 2.15. The molecule has 2 N–H and O–H groups in total. The largest absolute Gasteiger partial charge is 0.395 e. The summed E-state index contributed by atoms with van der Waals surface area (Å²) in [6.45, 7) is 0.909. The third kappa shape index (κ3) is 4.75. The van der Waals surface area contributed by atoms with E-state index in [0.29, 0.717) is 13.1 Å². The van der Waals surface area contributed by atoms with Crippen molar-refractivity contribution in [2.45, 2.75) is 6.42 Å². The van der Waals surface area contributed by atoms with Crippen molar-refractivity contribution in [2.24, 2.45) is 0 Å². The number of amides is 2. The Morgan fingerprint density at radius 2 is 2.18 bits per heavy atom. The lowest BCUT2D eigenvalue weighted by atomic mass is 10.1. The fourth-order valence-electron chi connectivity index (χ4n) is 1.39. The second kappa shape index (κ2) is 7.29. The average Bonchev–Trinajstić information content (AvgIpc) is 2.31. The number of rotatable bonds is 5. The molecule has 0 bridgehead atoms. The van der Waals surface area contributed by atoms with E-state index in [0.717, 1.165) is 16.5 Å². The van der Waals surface area contributed by atoms with Gasteiger partial charge in [0.25, 0.3) is 0 Å². The van der Waals surface area contributed by atoms with Gasteiger partial charge in [-0.2, -0.15) is 0 Å². The van der Waals surface area contributed by atoms with Crippen molar-refractivity contribution in [2.75, 3.05) is 26.7 Å². The molecule has 0 aromatic heterocycles. The summed E-state index contributed by atoms with van der Waals surface area (Å²) in [7, 11) is 1.66. The van der Waals surface area contributed by atoms with E-state index in [4.69, 9.17) is 5.11 Å². The summed E-state index contributed by atoms with van der Waals surface area (Å²) in [6.07, 6.45) is 0.778. The van der Waals surface area contributed by atoms with Crippen LogP contribution < -0.4 is 5.32 Å². The predicted octanol–water partition coefficient (Wildman–Crippen LogP) is 1.63. The Kier molecular flexibility index (Phi) is 6.00. The number of nitrogens with one attached hydrogen (secondary N) is 1. The molecule has 1 aromatic rings. The number of halogens is 1. The second-order valence-corrected chi connectivity index (χ2v) is 4.57. The van der Waals surface area contributed by atoms with Crippen LogP contribution >= 0.6 is 15.9 Å². The van der Waals surface area contributed by atoms with E-state index >= 15 is 0 Å². The SMILES string of the molecule is CN(CCO)C(=O)NCCc1ccccc1Br. The van der Waals surface area contributed by atoms with E-state index in [1.165, 1.54) is 4.90 Å². The zero-order valence-electron chi connectivity index (χ0n) is 9.82. The number of aliphatic hydroxyl groups excluding tert-OH is 1. The molecule has 0 fully saturated rings. The topological polar surface area (TPSA) is 52.6 Å². The van der Waals surface area contributed by atoms with Gasteiger partial charge >= 0.3 is 6.03 Å². The first-order valence-corrected chi connectivity index (χ1v) is 6.27. The van der Waals surface area contributed by atoms with Gasteiger partial charge in [0.05, 0.1) is 6.61 Å². The van der Waals surface area contributed by atoms with Gasteiger partial charge in [-0.3, -0.25) is 0 Å². The maximum absolute atomic E-state index is 11.5. The quantitative estimate of drug-likeness (QED) is 0.868. The smallest absolute Gasteiger partial charge is 0.317 e. The fraction of sp³-hybridized carbons (Fsp3) is 0.417. The molecule has 0 saturated carbocycles. The molecule has 1 aromatic carbocycles. The third-order valence-electron chi connectivity index (χ3n) is 2.41. The van der Waals surface area contributed by atoms with Crippen LogP contribution in [0, 0.1) is 0 Å². The standard InChI is InChI=1S/C12H17BrN2O2/c1-15(8-9-16)12(17)14-7-6-10-4-2-3-5-11(10)13/h2-5,16H,6-9H2,1H3,(H,14,17). The molecule has 0 saturated heterocycles. The van der Waals surface area contributed by atoms with E-state index in [1.54, 1.807) is 7.05 Å². The maximum Gasteiger partial charge on any atom is 0.317 e. The van der Waals surface area contributed by atoms with Crippen molar-refractivity contribution in [1.82, 2.24) is 10.2 Å².